The van der Waals surface area contributed by atoms with Gasteiger partial charge in [0.25, 0.3) is 5.91 Å². The number of nitrogen functional groups attached to an aromatic ring is 1. The molecule has 0 fully saturated rings. The Balaban J connectivity index is 1.99. The molecule has 0 saturated carbocycles. The van der Waals surface area contributed by atoms with Crippen molar-refractivity contribution in [2.75, 3.05) is 6.54 Å². The summed E-state index contributed by atoms with van der Waals surface area (Å²) in [6, 6.07) is 14.2. The fourth-order valence-electron chi connectivity index (χ4n) is 2.00. The number of rotatable bonds is 6. The number of carbonyl (C=O) groups is 1. The largest absolute Gasteiger partial charge is 0.294 e. The molecule has 106 valence electrons. The molecule has 2 rings (SSSR count). The lowest BCUT2D eigenvalue weighted by atomic mass is 10.2. The van der Waals surface area contributed by atoms with Crippen LogP contribution in [0.4, 0.5) is 0 Å². The maximum atomic E-state index is 11.4. The number of thiophene rings is 1. The number of amides is 1. The van der Waals surface area contributed by atoms with E-state index >= 15 is 0 Å². The molecule has 0 saturated heterocycles. The quantitative estimate of drug-likeness (QED) is 0.487. The van der Waals surface area contributed by atoms with E-state index in [-0.39, 0.29) is 5.91 Å². The van der Waals surface area contributed by atoms with Gasteiger partial charge in [0, 0.05) is 18.0 Å². The van der Waals surface area contributed by atoms with Crippen molar-refractivity contribution in [1.29, 1.82) is 0 Å². The summed E-state index contributed by atoms with van der Waals surface area (Å²) in [6.45, 7) is 4.86. The number of nitrogens with zero attached hydrogens (tertiary/aromatic N) is 1. The van der Waals surface area contributed by atoms with Crippen molar-refractivity contribution < 1.29 is 4.79 Å². The van der Waals surface area contributed by atoms with Gasteiger partial charge in [0.15, 0.2) is 0 Å². The van der Waals surface area contributed by atoms with Gasteiger partial charge in [-0.15, -0.1) is 11.3 Å². The van der Waals surface area contributed by atoms with Crippen molar-refractivity contribution in [1.82, 2.24) is 10.3 Å². The van der Waals surface area contributed by atoms with E-state index in [0.717, 1.165) is 19.6 Å². The van der Waals surface area contributed by atoms with Crippen LogP contribution in [0.25, 0.3) is 0 Å². The Labute approximate surface area is 123 Å². The molecule has 0 aliphatic heterocycles. The molecule has 0 unspecified atom stereocenters. The monoisotopic (exact) mass is 289 g/mol. The van der Waals surface area contributed by atoms with Crippen molar-refractivity contribution in [3.63, 3.8) is 0 Å². The summed E-state index contributed by atoms with van der Waals surface area (Å²) in [5, 5.41) is 0. The second-order valence-electron chi connectivity index (χ2n) is 4.53. The number of hydrogen-bond acceptors (Lipinski definition) is 4. The topological polar surface area (TPSA) is 58.4 Å². The standard InChI is InChI=1S/C15H19N3OS/c1-2-18(10-12-6-4-3-5-7-12)11-13-8-9-14(20-13)15(19)17-16/h3-9H,2,10-11,16H2,1H3,(H,17,19). The van der Waals surface area contributed by atoms with Gasteiger partial charge in [-0.1, -0.05) is 37.3 Å². The van der Waals surface area contributed by atoms with E-state index in [2.05, 4.69) is 41.5 Å². The maximum Gasteiger partial charge on any atom is 0.275 e. The van der Waals surface area contributed by atoms with Crippen LogP contribution in [0.2, 0.25) is 0 Å². The minimum absolute atomic E-state index is 0.229. The van der Waals surface area contributed by atoms with Crippen LogP contribution in [0.3, 0.4) is 0 Å². The molecule has 0 atom stereocenters. The van der Waals surface area contributed by atoms with Crippen molar-refractivity contribution in [3.05, 3.63) is 57.8 Å². The van der Waals surface area contributed by atoms with Crippen molar-refractivity contribution in [3.8, 4) is 0 Å². The first-order valence-electron chi connectivity index (χ1n) is 6.59. The number of nitrogens with one attached hydrogen (secondary N) is 1. The van der Waals surface area contributed by atoms with Gasteiger partial charge in [-0.3, -0.25) is 15.1 Å². The fourth-order valence-corrected chi connectivity index (χ4v) is 2.95. The first-order valence-corrected chi connectivity index (χ1v) is 7.40. The summed E-state index contributed by atoms with van der Waals surface area (Å²) in [5.74, 6) is 4.91. The Morgan fingerprint density at radius 1 is 1.20 bits per heavy atom. The zero-order chi connectivity index (χ0) is 14.4. The van der Waals surface area contributed by atoms with Crippen LogP contribution >= 0.6 is 11.3 Å². The molecule has 1 amide bonds. The third kappa shape index (κ3) is 3.90. The SMILES string of the molecule is CCN(Cc1ccccc1)Cc1ccc(C(=O)NN)s1. The molecule has 0 radical (unpaired) electrons. The van der Waals surface area contributed by atoms with E-state index < -0.39 is 0 Å². The Bertz CT molecular complexity index is 553. The van der Waals surface area contributed by atoms with Gasteiger partial charge >= 0.3 is 0 Å². The minimum atomic E-state index is -0.229. The lowest BCUT2D eigenvalue weighted by Crippen LogP contribution is -2.29. The molecule has 0 aliphatic carbocycles. The van der Waals surface area contributed by atoms with Gasteiger partial charge in [-0.25, -0.2) is 5.84 Å². The molecule has 20 heavy (non-hydrogen) atoms. The molecule has 5 heteroatoms. The van der Waals surface area contributed by atoms with Crippen LogP contribution in [0.15, 0.2) is 42.5 Å². The molecule has 3 N–H and O–H groups in total. The van der Waals surface area contributed by atoms with Gasteiger partial charge in [0.1, 0.15) is 0 Å². The second kappa shape index (κ2) is 7.19. The Morgan fingerprint density at radius 3 is 2.60 bits per heavy atom. The summed E-state index contributed by atoms with van der Waals surface area (Å²) < 4.78 is 0. The maximum absolute atomic E-state index is 11.4. The highest BCUT2D eigenvalue weighted by molar-refractivity contribution is 7.14. The molecular weight excluding hydrogens is 270 g/mol. The minimum Gasteiger partial charge on any atom is -0.294 e. The first kappa shape index (κ1) is 14.7. The Kier molecular flexibility index (Phi) is 5.29. The summed E-state index contributed by atoms with van der Waals surface area (Å²) in [6.07, 6.45) is 0. The molecule has 0 aliphatic rings. The van der Waals surface area contributed by atoms with Gasteiger partial charge < -0.3 is 0 Å². The Hall–Kier alpha value is -1.69. The molecule has 2 aromatic rings. The van der Waals surface area contributed by atoms with Gasteiger partial charge in [-0.05, 0) is 24.2 Å². The van der Waals surface area contributed by atoms with Crippen molar-refractivity contribution in [2.45, 2.75) is 20.0 Å². The smallest absolute Gasteiger partial charge is 0.275 e. The van der Waals surface area contributed by atoms with Crippen molar-refractivity contribution in [2.24, 2.45) is 5.84 Å². The molecule has 1 aromatic carbocycles. The van der Waals surface area contributed by atoms with Crippen molar-refractivity contribution >= 4 is 17.2 Å². The van der Waals surface area contributed by atoms with Crippen LogP contribution in [-0.2, 0) is 13.1 Å². The predicted molar refractivity (Wildman–Crippen MR) is 82.2 cm³/mol. The molecule has 0 bridgehead atoms. The highest BCUT2D eigenvalue weighted by atomic mass is 32.1. The number of hydrazine groups is 1. The lowest BCUT2D eigenvalue weighted by Gasteiger charge is -2.19. The lowest BCUT2D eigenvalue weighted by molar-refractivity contribution is 0.0957. The van der Waals surface area contributed by atoms with Crippen LogP contribution < -0.4 is 11.3 Å². The summed E-state index contributed by atoms with van der Waals surface area (Å²) in [5.41, 5.74) is 3.46. The van der Waals surface area contributed by atoms with Crippen LogP contribution in [0, 0.1) is 0 Å². The van der Waals surface area contributed by atoms with E-state index in [1.165, 1.54) is 21.8 Å². The molecule has 0 spiro atoms. The zero-order valence-electron chi connectivity index (χ0n) is 11.5. The van der Waals surface area contributed by atoms with Gasteiger partial charge in [-0.2, -0.15) is 0 Å². The predicted octanol–water partition coefficient (Wildman–Crippen LogP) is 2.37. The number of benzene rings is 1. The van der Waals surface area contributed by atoms with Crippen LogP contribution in [0.5, 0.6) is 0 Å². The highest BCUT2D eigenvalue weighted by Gasteiger charge is 2.10. The van der Waals surface area contributed by atoms with E-state index in [0.29, 0.717) is 4.88 Å². The number of nitrogens with two attached hydrogens (primary N) is 1. The first-order chi connectivity index (χ1) is 9.72. The van der Waals surface area contributed by atoms with Gasteiger partial charge in [0.05, 0.1) is 4.88 Å². The van der Waals surface area contributed by atoms with Gasteiger partial charge in [0.2, 0.25) is 0 Å². The highest BCUT2D eigenvalue weighted by Crippen LogP contribution is 2.19. The third-order valence-corrected chi connectivity index (χ3v) is 4.16. The van der Waals surface area contributed by atoms with E-state index in [9.17, 15) is 4.79 Å². The fraction of sp³-hybridized carbons (Fsp3) is 0.267. The number of carbonyl (C=O) groups excluding carboxylic acids is 1. The number of hydrogen-bond donors (Lipinski definition) is 2. The summed E-state index contributed by atoms with van der Waals surface area (Å²) in [4.78, 5) is 15.6. The zero-order valence-corrected chi connectivity index (χ0v) is 12.3. The normalized spacial score (nSPS) is 10.8. The summed E-state index contributed by atoms with van der Waals surface area (Å²) in [7, 11) is 0. The molecule has 4 nitrogen and oxygen atoms in total. The third-order valence-electron chi connectivity index (χ3n) is 3.09. The molecule has 1 aromatic heterocycles. The van der Waals surface area contributed by atoms with Crippen LogP contribution in [-0.4, -0.2) is 17.4 Å². The Morgan fingerprint density at radius 2 is 1.95 bits per heavy atom. The molecular formula is C15H19N3OS. The average molecular weight is 289 g/mol. The van der Waals surface area contributed by atoms with E-state index in [1.54, 1.807) is 0 Å². The molecule has 1 heterocycles. The second-order valence-corrected chi connectivity index (χ2v) is 5.70. The summed E-state index contributed by atoms with van der Waals surface area (Å²) >= 11 is 1.49. The van der Waals surface area contributed by atoms with Crippen LogP contribution in [0.1, 0.15) is 27.0 Å². The average Bonchev–Trinajstić information content (AvgIpc) is 2.95. The van der Waals surface area contributed by atoms with E-state index in [1.807, 2.05) is 18.2 Å². The van der Waals surface area contributed by atoms with E-state index in [4.69, 9.17) is 5.84 Å².